The summed E-state index contributed by atoms with van der Waals surface area (Å²) in [5.41, 5.74) is 4.67. The number of nitrogens with zero attached hydrogens (tertiary/aromatic N) is 1. The summed E-state index contributed by atoms with van der Waals surface area (Å²) in [6, 6.07) is 25.2. The van der Waals surface area contributed by atoms with Crippen molar-refractivity contribution in [3.05, 3.63) is 83.9 Å². The van der Waals surface area contributed by atoms with Gasteiger partial charge in [0.25, 0.3) is 0 Å². The minimum atomic E-state index is 0.971. The van der Waals surface area contributed by atoms with Crippen molar-refractivity contribution in [3.8, 4) is 11.8 Å². The van der Waals surface area contributed by atoms with Gasteiger partial charge in [-0.2, -0.15) is 0 Å². The SMILES string of the molecule is CCn1c2ccccc2c2cc(C#Cc3ccccc3)ccc21. The van der Waals surface area contributed by atoms with E-state index in [4.69, 9.17) is 0 Å². The molecule has 3 aromatic carbocycles. The second kappa shape index (κ2) is 5.66. The molecule has 0 saturated carbocycles. The van der Waals surface area contributed by atoms with Crippen LogP contribution in [0.4, 0.5) is 0 Å². The van der Waals surface area contributed by atoms with Crippen molar-refractivity contribution < 1.29 is 0 Å². The highest BCUT2D eigenvalue weighted by atomic mass is 15.0. The lowest BCUT2D eigenvalue weighted by molar-refractivity contribution is 0.827. The van der Waals surface area contributed by atoms with Crippen molar-refractivity contribution in [3.63, 3.8) is 0 Å². The predicted molar refractivity (Wildman–Crippen MR) is 97.5 cm³/mol. The molecule has 0 radical (unpaired) electrons. The molecule has 0 amide bonds. The van der Waals surface area contributed by atoms with E-state index in [0.717, 1.165) is 17.7 Å². The van der Waals surface area contributed by atoms with Crippen molar-refractivity contribution in [1.29, 1.82) is 0 Å². The normalized spacial score (nSPS) is 10.7. The van der Waals surface area contributed by atoms with Crippen LogP contribution in [0, 0.1) is 11.8 Å². The molecular formula is C22H17N. The van der Waals surface area contributed by atoms with E-state index in [9.17, 15) is 0 Å². The standard InChI is InChI=1S/C22H17N/c1-2-23-21-11-7-6-10-19(21)20-16-18(14-15-22(20)23)13-12-17-8-4-3-5-9-17/h3-11,14-16H,2H2,1H3. The number of fused-ring (bicyclic) bond motifs is 3. The minimum absolute atomic E-state index is 0.971. The van der Waals surface area contributed by atoms with Crippen molar-refractivity contribution in [2.75, 3.05) is 0 Å². The summed E-state index contributed by atoms with van der Waals surface area (Å²) in [4.78, 5) is 0. The van der Waals surface area contributed by atoms with Gasteiger partial charge in [0.2, 0.25) is 0 Å². The summed E-state index contributed by atoms with van der Waals surface area (Å²) in [5, 5.41) is 2.58. The Kier molecular flexibility index (Phi) is 3.37. The summed E-state index contributed by atoms with van der Waals surface area (Å²) in [7, 11) is 0. The summed E-state index contributed by atoms with van der Waals surface area (Å²) < 4.78 is 2.36. The van der Waals surface area contributed by atoms with Crippen LogP contribution >= 0.6 is 0 Å². The number of hydrogen-bond donors (Lipinski definition) is 0. The molecule has 23 heavy (non-hydrogen) atoms. The van der Waals surface area contributed by atoms with Gasteiger partial charge in [-0.05, 0) is 43.3 Å². The molecule has 4 rings (SSSR count). The Morgan fingerprint density at radius 3 is 2.22 bits per heavy atom. The van der Waals surface area contributed by atoms with Crippen LogP contribution in [0.3, 0.4) is 0 Å². The van der Waals surface area contributed by atoms with E-state index in [0.29, 0.717) is 0 Å². The molecule has 0 fully saturated rings. The topological polar surface area (TPSA) is 4.93 Å². The molecule has 0 saturated heterocycles. The zero-order chi connectivity index (χ0) is 15.6. The minimum Gasteiger partial charge on any atom is -0.341 e. The molecule has 4 aromatic rings. The van der Waals surface area contributed by atoms with Gasteiger partial charge in [0.05, 0.1) is 0 Å². The average Bonchev–Trinajstić information content (AvgIpc) is 2.94. The first kappa shape index (κ1) is 13.7. The van der Waals surface area contributed by atoms with E-state index in [1.165, 1.54) is 21.8 Å². The van der Waals surface area contributed by atoms with E-state index in [1.807, 2.05) is 30.3 Å². The molecule has 1 heterocycles. The highest BCUT2D eigenvalue weighted by Crippen LogP contribution is 2.29. The van der Waals surface area contributed by atoms with Gasteiger partial charge in [-0.15, -0.1) is 0 Å². The molecule has 0 N–H and O–H groups in total. The third-order valence-corrected chi connectivity index (χ3v) is 4.21. The molecular weight excluding hydrogens is 278 g/mol. The van der Waals surface area contributed by atoms with Crippen molar-refractivity contribution in [2.45, 2.75) is 13.5 Å². The maximum absolute atomic E-state index is 3.29. The Hall–Kier alpha value is -2.98. The van der Waals surface area contributed by atoms with Crippen molar-refractivity contribution in [1.82, 2.24) is 4.57 Å². The number of para-hydroxylation sites is 1. The quantitative estimate of drug-likeness (QED) is 0.425. The van der Waals surface area contributed by atoms with E-state index < -0.39 is 0 Å². The largest absolute Gasteiger partial charge is 0.341 e. The first-order valence-electron chi connectivity index (χ1n) is 7.95. The summed E-state index contributed by atoms with van der Waals surface area (Å²) in [5.74, 6) is 6.52. The van der Waals surface area contributed by atoms with Crippen LogP contribution in [-0.2, 0) is 6.54 Å². The maximum Gasteiger partial charge on any atom is 0.0492 e. The molecule has 0 bridgehead atoms. The highest BCUT2D eigenvalue weighted by Gasteiger charge is 2.08. The van der Waals surface area contributed by atoms with E-state index >= 15 is 0 Å². The first-order chi connectivity index (χ1) is 11.4. The van der Waals surface area contributed by atoms with E-state index in [1.54, 1.807) is 0 Å². The third-order valence-electron chi connectivity index (χ3n) is 4.21. The first-order valence-corrected chi connectivity index (χ1v) is 7.95. The van der Waals surface area contributed by atoms with Gasteiger partial charge in [0.15, 0.2) is 0 Å². The number of rotatable bonds is 1. The average molecular weight is 295 g/mol. The second-order valence-corrected chi connectivity index (χ2v) is 5.61. The molecule has 0 aliphatic rings. The lowest BCUT2D eigenvalue weighted by Gasteiger charge is -2.02. The van der Waals surface area contributed by atoms with Gasteiger partial charge in [0.1, 0.15) is 0 Å². The maximum atomic E-state index is 3.29. The smallest absolute Gasteiger partial charge is 0.0492 e. The fourth-order valence-corrected chi connectivity index (χ4v) is 3.14. The Morgan fingerprint density at radius 1 is 0.696 bits per heavy atom. The summed E-state index contributed by atoms with van der Waals surface area (Å²) in [6.07, 6.45) is 0. The number of hydrogen-bond acceptors (Lipinski definition) is 0. The van der Waals surface area contributed by atoms with Crippen molar-refractivity contribution in [2.24, 2.45) is 0 Å². The molecule has 1 aromatic heterocycles. The van der Waals surface area contributed by atoms with Gasteiger partial charge in [-0.1, -0.05) is 48.2 Å². The predicted octanol–water partition coefficient (Wildman–Crippen LogP) is 5.21. The Labute approximate surface area is 136 Å². The summed E-state index contributed by atoms with van der Waals surface area (Å²) in [6.45, 7) is 3.16. The molecule has 0 atom stereocenters. The van der Waals surface area contributed by atoms with Gasteiger partial charge in [0, 0.05) is 39.5 Å². The lowest BCUT2D eigenvalue weighted by Crippen LogP contribution is -1.92. The third kappa shape index (κ3) is 2.39. The van der Waals surface area contributed by atoms with Crippen LogP contribution in [0.5, 0.6) is 0 Å². The van der Waals surface area contributed by atoms with Gasteiger partial charge >= 0.3 is 0 Å². The zero-order valence-electron chi connectivity index (χ0n) is 13.1. The Morgan fingerprint density at radius 2 is 1.39 bits per heavy atom. The monoisotopic (exact) mass is 295 g/mol. The fraction of sp³-hybridized carbons (Fsp3) is 0.0909. The van der Waals surface area contributed by atoms with Crippen LogP contribution in [0.25, 0.3) is 21.8 Å². The molecule has 110 valence electrons. The molecule has 0 aliphatic heterocycles. The van der Waals surface area contributed by atoms with E-state index in [-0.39, 0.29) is 0 Å². The molecule has 0 aliphatic carbocycles. The molecule has 0 spiro atoms. The van der Waals surface area contributed by atoms with Gasteiger partial charge < -0.3 is 4.57 Å². The van der Waals surface area contributed by atoms with Crippen LogP contribution in [0.1, 0.15) is 18.1 Å². The van der Waals surface area contributed by atoms with Gasteiger partial charge in [-0.25, -0.2) is 0 Å². The highest BCUT2D eigenvalue weighted by molar-refractivity contribution is 6.08. The van der Waals surface area contributed by atoms with Crippen LogP contribution < -0.4 is 0 Å². The number of aryl methyl sites for hydroxylation is 1. The van der Waals surface area contributed by atoms with Crippen LogP contribution in [-0.4, -0.2) is 4.57 Å². The number of aromatic nitrogens is 1. The Bertz CT molecular complexity index is 1040. The second-order valence-electron chi connectivity index (χ2n) is 5.61. The molecule has 1 nitrogen and oxygen atoms in total. The summed E-state index contributed by atoms with van der Waals surface area (Å²) >= 11 is 0. The van der Waals surface area contributed by atoms with E-state index in [2.05, 4.69) is 65.8 Å². The molecule has 0 unspecified atom stereocenters. The Balaban J connectivity index is 1.89. The van der Waals surface area contributed by atoms with Crippen molar-refractivity contribution >= 4 is 21.8 Å². The fourth-order valence-electron chi connectivity index (χ4n) is 3.14. The zero-order valence-corrected chi connectivity index (χ0v) is 13.1. The number of benzene rings is 3. The molecule has 1 heteroatoms. The lowest BCUT2D eigenvalue weighted by atomic mass is 10.1. The van der Waals surface area contributed by atoms with Crippen LogP contribution in [0.15, 0.2) is 72.8 Å². The van der Waals surface area contributed by atoms with Gasteiger partial charge in [-0.3, -0.25) is 0 Å². The van der Waals surface area contributed by atoms with Crippen LogP contribution in [0.2, 0.25) is 0 Å².